The third-order valence-corrected chi connectivity index (χ3v) is 3.28. The molecule has 0 bridgehead atoms. The van der Waals surface area contributed by atoms with Crippen molar-refractivity contribution in [3.63, 3.8) is 0 Å². The number of rotatable bonds is 3. The topological polar surface area (TPSA) is 33.5 Å². The number of hydrogen-bond acceptors (Lipinski definition) is 2. The molecule has 1 aromatic rings. The Labute approximate surface area is 95.0 Å². The lowest BCUT2D eigenvalue weighted by atomic mass is 10.1. The van der Waals surface area contributed by atoms with Crippen LogP contribution in [0.25, 0.3) is 0 Å². The van der Waals surface area contributed by atoms with E-state index in [1.54, 1.807) is 24.9 Å². The largest absolute Gasteiger partial charge is 0.469 e. The predicted octanol–water partition coefficient (Wildman–Crippen LogP) is 2.68. The Balaban J connectivity index is 2.92. The molecule has 0 spiro atoms. The van der Waals surface area contributed by atoms with Crippen molar-refractivity contribution in [1.29, 1.82) is 0 Å². The summed E-state index contributed by atoms with van der Waals surface area (Å²) in [7, 11) is 1.75. The lowest BCUT2D eigenvalue weighted by Gasteiger charge is -2.33. The van der Waals surface area contributed by atoms with Gasteiger partial charge in [0, 0.05) is 12.9 Å². The molecule has 0 saturated heterocycles. The van der Waals surface area contributed by atoms with Crippen LogP contribution in [0.15, 0.2) is 16.7 Å². The van der Waals surface area contributed by atoms with Crippen LogP contribution >= 0.6 is 11.6 Å². The van der Waals surface area contributed by atoms with E-state index in [4.69, 9.17) is 16.0 Å². The van der Waals surface area contributed by atoms with E-state index in [-0.39, 0.29) is 11.4 Å². The Morgan fingerprint density at radius 2 is 2.20 bits per heavy atom. The van der Waals surface area contributed by atoms with Crippen LogP contribution in [0.3, 0.4) is 0 Å². The Bertz CT molecular complexity index is 357. The summed E-state index contributed by atoms with van der Waals surface area (Å²) in [5.74, 6) is 0.968. The smallest absolute Gasteiger partial charge is 0.257 e. The molecule has 0 aliphatic rings. The number of hydrogen-bond donors (Lipinski definition) is 0. The van der Waals surface area contributed by atoms with Gasteiger partial charge in [-0.3, -0.25) is 4.79 Å². The molecular weight excluding hydrogens is 214 g/mol. The fraction of sp³-hybridized carbons (Fsp3) is 0.545. The van der Waals surface area contributed by atoms with E-state index in [2.05, 4.69) is 0 Å². The van der Waals surface area contributed by atoms with Gasteiger partial charge in [-0.05, 0) is 26.8 Å². The quantitative estimate of drug-likeness (QED) is 0.747. The second kappa shape index (κ2) is 4.27. The second-order valence-electron chi connectivity index (χ2n) is 4.20. The Morgan fingerprint density at radius 1 is 1.60 bits per heavy atom. The molecule has 0 atom stereocenters. The van der Waals surface area contributed by atoms with Crippen LogP contribution in [0.4, 0.5) is 0 Å². The molecule has 1 rings (SSSR count). The van der Waals surface area contributed by atoms with Gasteiger partial charge in [0.05, 0.1) is 17.4 Å². The summed E-state index contributed by atoms with van der Waals surface area (Å²) in [6.45, 7) is 5.62. The molecule has 3 nitrogen and oxygen atoms in total. The van der Waals surface area contributed by atoms with Crippen LogP contribution in [0.2, 0.25) is 0 Å². The van der Waals surface area contributed by atoms with E-state index < -0.39 is 0 Å². The molecule has 0 aliphatic carbocycles. The third-order valence-electron chi connectivity index (χ3n) is 2.63. The van der Waals surface area contributed by atoms with Crippen molar-refractivity contribution in [2.75, 3.05) is 12.9 Å². The number of furan rings is 1. The summed E-state index contributed by atoms with van der Waals surface area (Å²) in [4.78, 5) is 13.7. The van der Waals surface area contributed by atoms with Crippen molar-refractivity contribution in [1.82, 2.24) is 4.90 Å². The summed E-state index contributed by atoms with van der Waals surface area (Å²) in [6.07, 6.45) is 1.52. The standard InChI is InChI=1S/C11H16ClNO2/c1-8-9(5-6-15-8)10(14)13(4)11(2,3)7-12/h5-6H,7H2,1-4H3. The highest BCUT2D eigenvalue weighted by molar-refractivity contribution is 6.18. The maximum Gasteiger partial charge on any atom is 0.257 e. The third kappa shape index (κ3) is 2.34. The first kappa shape index (κ1) is 12.1. The number of aryl methyl sites for hydroxylation is 1. The van der Waals surface area contributed by atoms with E-state index in [1.165, 1.54) is 6.26 Å². The Kier molecular flexibility index (Phi) is 3.45. The summed E-state index contributed by atoms with van der Waals surface area (Å²) in [5, 5.41) is 0. The predicted molar refractivity (Wildman–Crippen MR) is 60.3 cm³/mol. The zero-order chi connectivity index (χ0) is 11.6. The Morgan fingerprint density at radius 3 is 2.60 bits per heavy atom. The van der Waals surface area contributed by atoms with Crippen molar-refractivity contribution in [2.45, 2.75) is 26.3 Å². The summed E-state index contributed by atoms with van der Waals surface area (Å²) < 4.78 is 5.10. The monoisotopic (exact) mass is 229 g/mol. The highest BCUT2D eigenvalue weighted by Gasteiger charge is 2.28. The first-order valence-electron chi connectivity index (χ1n) is 4.78. The van der Waals surface area contributed by atoms with Gasteiger partial charge in [-0.25, -0.2) is 0 Å². The van der Waals surface area contributed by atoms with Gasteiger partial charge in [0.25, 0.3) is 5.91 Å². The molecule has 0 aromatic carbocycles. The molecule has 1 aromatic heterocycles. The maximum atomic E-state index is 12.0. The fourth-order valence-electron chi connectivity index (χ4n) is 1.15. The number of carbonyl (C=O) groups is 1. The molecule has 0 fully saturated rings. The minimum atomic E-state index is -0.359. The molecule has 0 N–H and O–H groups in total. The molecule has 4 heteroatoms. The molecule has 84 valence electrons. The van der Waals surface area contributed by atoms with E-state index in [1.807, 2.05) is 13.8 Å². The van der Waals surface area contributed by atoms with Gasteiger partial charge in [0.2, 0.25) is 0 Å². The zero-order valence-electron chi connectivity index (χ0n) is 9.50. The summed E-state index contributed by atoms with van der Waals surface area (Å²) in [5.41, 5.74) is 0.234. The highest BCUT2D eigenvalue weighted by atomic mass is 35.5. The number of carbonyl (C=O) groups excluding carboxylic acids is 1. The zero-order valence-corrected chi connectivity index (χ0v) is 10.3. The van der Waals surface area contributed by atoms with Gasteiger partial charge < -0.3 is 9.32 Å². The highest BCUT2D eigenvalue weighted by Crippen LogP contribution is 2.19. The van der Waals surface area contributed by atoms with Crippen LogP contribution in [0, 0.1) is 6.92 Å². The van der Waals surface area contributed by atoms with Crippen LogP contribution in [0.5, 0.6) is 0 Å². The van der Waals surface area contributed by atoms with Crippen molar-refractivity contribution in [2.24, 2.45) is 0 Å². The fourth-order valence-corrected chi connectivity index (χ4v) is 1.33. The SMILES string of the molecule is Cc1occc1C(=O)N(C)C(C)(C)CCl. The Hall–Kier alpha value is -0.960. The average molecular weight is 230 g/mol. The first-order chi connectivity index (χ1) is 6.90. The average Bonchev–Trinajstić information content (AvgIpc) is 2.62. The lowest BCUT2D eigenvalue weighted by molar-refractivity contribution is 0.0658. The van der Waals surface area contributed by atoms with Crippen molar-refractivity contribution in [3.05, 3.63) is 23.7 Å². The number of halogens is 1. The van der Waals surface area contributed by atoms with Gasteiger partial charge in [0.15, 0.2) is 0 Å². The van der Waals surface area contributed by atoms with Crippen LogP contribution < -0.4 is 0 Å². The van der Waals surface area contributed by atoms with E-state index >= 15 is 0 Å². The maximum absolute atomic E-state index is 12.0. The van der Waals surface area contributed by atoms with Gasteiger partial charge >= 0.3 is 0 Å². The van der Waals surface area contributed by atoms with Crippen LogP contribution in [-0.2, 0) is 0 Å². The van der Waals surface area contributed by atoms with E-state index in [0.29, 0.717) is 17.2 Å². The minimum absolute atomic E-state index is 0.0631. The normalized spacial score (nSPS) is 11.5. The molecule has 1 amide bonds. The summed E-state index contributed by atoms with van der Waals surface area (Å²) in [6, 6.07) is 1.68. The second-order valence-corrected chi connectivity index (χ2v) is 4.47. The van der Waals surface area contributed by atoms with Crippen molar-refractivity contribution >= 4 is 17.5 Å². The molecule has 0 aliphatic heterocycles. The minimum Gasteiger partial charge on any atom is -0.469 e. The van der Waals surface area contributed by atoms with Gasteiger partial charge in [-0.2, -0.15) is 0 Å². The molecule has 15 heavy (non-hydrogen) atoms. The molecule has 0 radical (unpaired) electrons. The van der Waals surface area contributed by atoms with Gasteiger partial charge in [-0.15, -0.1) is 11.6 Å². The number of nitrogens with zero attached hydrogens (tertiary/aromatic N) is 1. The van der Waals surface area contributed by atoms with E-state index in [9.17, 15) is 4.79 Å². The van der Waals surface area contributed by atoms with Gasteiger partial charge in [-0.1, -0.05) is 0 Å². The van der Waals surface area contributed by atoms with Gasteiger partial charge in [0.1, 0.15) is 5.76 Å². The first-order valence-corrected chi connectivity index (χ1v) is 5.32. The molecule has 1 heterocycles. The van der Waals surface area contributed by atoms with E-state index in [0.717, 1.165) is 0 Å². The van der Waals surface area contributed by atoms with Crippen molar-refractivity contribution < 1.29 is 9.21 Å². The van der Waals surface area contributed by atoms with Crippen molar-refractivity contribution in [3.8, 4) is 0 Å². The molecule has 0 unspecified atom stereocenters. The van der Waals surface area contributed by atoms with Crippen LogP contribution in [0.1, 0.15) is 30.0 Å². The number of amides is 1. The summed E-state index contributed by atoms with van der Waals surface area (Å²) >= 11 is 5.82. The molecule has 0 saturated carbocycles. The van der Waals surface area contributed by atoms with Crippen LogP contribution in [-0.4, -0.2) is 29.3 Å². The lowest BCUT2D eigenvalue weighted by Crippen LogP contribution is -2.46. The molecular formula is C11H16ClNO2. The number of alkyl halides is 1.